The summed E-state index contributed by atoms with van der Waals surface area (Å²) in [6.45, 7) is 0.785. The molecule has 1 fully saturated rings. The molecule has 0 spiro atoms. The summed E-state index contributed by atoms with van der Waals surface area (Å²) in [6, 6.07) is 11.9. The van der Waals surface area contributed by atoms with Crippen molar-refractivity contribution < 1.29 is 4.79 Å². The number of aromatic nitrogens is 1. The van der Waals surface area contributed by atoms with Crippen LogP contribution in [0, 0.1) is 0 Å². The standard InChI is InChI=1S/C16H14Br2N2O/c17-12-4-1-3-11(9-12)15-5-2-8-20(15)16(21)14-7-6-13(18)10-19-14/h1,3-4,6-7,9-10,15H,2,5,8H2. The highest BCUT2D eigenvalue weighted by molar-refractivity contribution is 9.10. The molecule has 2 heterocycles. The third kappa shape index (κ3) is 3.19. The number of hydrogen-bond acceptors (Lipinski definition) is 2. The van der Waals surface area contributed by atoms with E-state index in [4.69, 9.17) is 0 Å². The Kier molecular flexibility index (Phi) is 4.40. The third-order valence-corrected chi connectivity index (χ3v) is 4.66. The van der Waals surface area contributed by atoms with Gasteiger partial charge in [0.25, 0.3) is 5.91 Å². The van der Waals surface area contributed by atoms with Gasteiger partial charge in [-0.25, -0.2) is 4.98 Å². The first-order valence-corrected chi connectivity index (χ1v) is 8.42. The number of benzene rings is 1. The summed E-state index contributed by atoms with van der Waals surface area (Å²) in [5.74, 6) is 0.00461. The lowest BCUT2D eigenvalue weighted by atomic mass is 10.0. The van der Waals surface area contributed by atoms with Gasteiger partial charge in [-0.05, 0) is 58.6 Å². The summed E-state index contributed by atoms with van der Waals surface area (Å²) in [4.78, 5) is 18.8. The molecule has 3 rings (SSSR count). The number of carbonyl (C=O) groups excluding carboxylic acids is 1. The Balaban J connectivity index is 1.87. The molecule has 1 amide bonds. The minimum absolute atomic E-state index is 0.00461. The lowest BCUT2D eigenvalue weighted by Gasteiger charge is -2.25. The number of carbonyl (C=O) groups is 1. The van der Waals surface area contributed by atoms with Crippen molar-refractivity contribution in [2.75, 3.05) is 6.54 Å². The van der Waals surface area contributed by atoms with Gasteiger partial charge in [0.2, 0.25) is 0 Å². The van der Waals surface area contributed by atoms with E-state index in [1.807, 2.05) is 23.1 Å². The van der Waals surface area contributed by atoms with Gasteiger partial charge in [0.1, 0.15) is 5.69 Å². The molecule has 108 valence electrons. The topological polar surface area (TPSA) is 33.2 Å². The molecule has 1 aromatic heterocycles. The van der Waals surface area contributed by atoms with Crippen LogP contribution in [0.25, 0.3) is 0 Å². The number of likely N-dealkylation sites (tertiary alicyclic amines) is 1. The fourth-order valence-corrected chi connectivity index (χ4v) is 3.37. The Hall–Kier alpha value is -1.20. The Morgan fingerprint density at radius 2 is 2.05 bits per heavy atom. The second-order valence-corrected chi connectivity index (χ2v) is 6.90. The molecule has 0 radical (unpaired) electrons. The van der Waals surface area contributed by atoms with Crippen molar-refractivity contribution in [1.82, 2.24) is 9.88 Å². The van der Waals surface area contributed by atoms with Gasteiger partial charge in [0.05, 0.1) is 6.04 Å². The van der Waals surface area contributed by atoms with E-state index < -0.39 is 0 Å². The Labute approximate surface area is 140 Å². The lowest BCUT2D eigenvalue weighted by molar-refractivity contribution is 0.0729. The molecule has 1 aromatic carbocycles. The van der Waals surface area contributed by atoms with E-state index >= 15 is 0 Å². The number of amides is 1. The maximum absolute atomic E-state index is 12.7. The lowest BCUT2D eigenvalue weighted by Crippen LogP contribution is -2.31. The van der Waals surface area contributed by atoms with Gasteiger partial charge < -0.3 is 4.90 Å². The smallest absolute Gasteiger partial charge is 0.272 e. The van der Waals surface area contributed by atoms with Gasteiger partial charge in [0.15, 0.2) is 0 Å². The molecule has 21 heavy (non-hydrogen) atoms. The summed E-state index contributed by atoms with van der Waals surface area (Å²) < 4.78 is 1.92. The molecule has 1 saturated heterocycles. The van der Waals surface area contributed by atoms with Gasteiger partial charge in [-0.3, -0.25) is 4.79 Å². The molecular formula is C16H14Br2N2O. The summed E-state index contributed by atoms with van der Waals surface area (Å²) in [5, 5.41) is 0. The highest BCUT2D eigenvalue weighted by Crippen LogP contribution is 2.34. The maximum Gasteiger partial charge on any atom is 0.272 e. The number of halogens is 2. The fourth-order valence-electron chi connectivity index (χ4n) is 2.72. The molecule has 5 heteroatoms. The second kappa shape index (κ2) is 6.28. The second-order valence-electron chi connectivity index (χ2n) is 5.07. The number of rotatable bonds is 2. The van der Waals surface area contributed by atoms with Crippen LogP contribution in [0.4, 0.5) is 0 Å². The van der Waals surface area contributed by atoms with Crippen LogP contribution in [0.1, 0.15) is 34.9 Å². The fraction of sp³-hybridized carbons (Fsp3) is 0.250. The van der Waals surface area contributed by atoms with Gasteiger partial charge in [0, 0.05) is 21.7 Å². The quantitative estimate of drug-likeness (QED) is 0.726. The molecule has 3 nitrogen and oxygen atoms in total. The Morgan fingerprint density at radius 3 is 2.76 bits per heavy atom. The molecule has 1 aliphatic rings. The molecule has 0 aliphatic carbocycles. The Bertz CT molecular complexity index is 658. The van der Waals surface area contributed by atoms with Crippen molar-refractivity contribution in [2.24, 2.45) is 0 Å². The number of nitrogens with zero attached hydrogens (tertiary/aromatic N) is 2. The van der Waals surface area contributed by atoms with Gasteiger partial charge in [-0.2, -0.15) is 0 Å². The minimum atomic E-state index is 0.00461. The third-order valence-electron chi connectivity index (χ3n) is 3.69. The van der Waals surface area contributed by atoms with Crippen LogP contribution in [-0.4, -0.2) is 22.3 Å². The molecule has 1 aliphatic heterocycles. The Morgan fingerprint density at radius 1 is 1.19 bits per heavy atom. The van der Waals surface area contributed by atoms with Crippen molar-refractivity contribution in [3.8, 4) is 0 Å². The van der Waals surface area contributed by atoms with E-state index in [-0.39, 0.29) is 11.9 Å². The SMILES string of the molecule is O=C(c1ccc(Br)cn1)N1CCCC1c1cccc(Br)c1. The van der Waals surface area contributed by atoms with Gasteiger partial charge >= 0.3 is 0 Å². The normalized spacial score (nSPS) is 18.0. The summed E-state index contributed by atoms with van der Waals surface area (Å²) in [7, 11) is 0. The van der Waals surface area contributed by atoms with Gasteiger partial charge in [-0.1, -0.05) is 28.1 Å². The van der Waals surface area contributed by atoms with Crippen LogP contribution >= 0.6 is 31.9 Å². The average Bonchev–Trinajstić information content (AvgIpc) is 2.97. The number of pyridine rings is 1. The zero-order valence-electron chi connectivity index (χ0n) is 11.3. The largest absolute Gasteiger partial charge is 0.330 e. The molecule has 1 atom stereocenters. The van der Waals surface area contributed by atoms with Crippen molar-refractivity contribution in [3.63, 3.8) is 0 Å². The summed E-state index contributed by atoms with van der Waals surface area (Å²) >= 11 is 6.84. The number of hydrogen-bond donors (Lipinski definition) is 0. The highest BCUT2D eigenvalue weighted by Gasteiger charge is 2.31. The summed E-state index contributed by atoms with van der Waals surface area (Å²) in [6.07, 6.45) is 3.69. The molecule has 0 bridgehead atoms. The molecule has 1 unspecified atom stereocenters. The first-order chi connectivity index (χ1) is 10.1. The van der Waals surface area contributed by atoms with Crippen LogP contribution in [0.15, 0.2) is 51.5 Å². The van der Waals surface area contributed by atoms with Crippen molar-refractivity contribution in [3.05, 3.63) is 62.8 Å². The minimum Gasteiger partial charge on any atom is -0.330 e. The van der Waals surface area contributed by atoms with Crippen LogP contribution in [-0.2, 0) is 0 Å². The average molecular weight is 410 g/mol. The van der Waals surface area contributed by atoms with E-state index in [9.17, 15) is 4.79 Å². The van der Waals surface area contributed by atoms with E-state index in [2.05, 4.69) is 49.0 Å². The van der Waals surface area contributed by atoms with Crippen molar-refractivity contribution >= 4 is 37.8 Å². The molecule has 2 aromatic rings. The van der Waals surface area contributed by atoms with Crippen molar-refractivity contribution in [1.29, 1.82) is 0 Å². The van der Waals surface area contributed by atoms with E-state index in [0.717, 1.165) is 28.3 Å². The van der Waals surface area contributed by atoms with Crippen LogP contribution in [0.5, 0.6) is 0 Å². The first-order valence-electron chi connectivity index (χ1n) is 6.83. The predicted molar refractivity (Wildman–Crippen MR) is 89.1 cm³/mol. The van der Waals surface area contributed by atoms with E-state index in [0.29, 0.717) is 5.69 Å². The van der Waals surface area contributed by atoms with E-state index in [1.165, 1.54) is 5.56 Å². The van der Waals surface area contributed by atoms with Crippen LogP contribution < -0.4 is 0 Å². The molecule has 0 N–H and O–H groups in total. The van der Waals surface area contributed by atoms with Gasteiger partial charge in [-0.15, -0.1) is 0 Å². The zero-order chi connectivity index (χ0) is 14.8. The monoisotopic (exact) mass is 408 g/mol. The molecule has 0 saturated carbocycles. The summed E-state index contributed by atoms with van der Waals surface area (Å²) in [5.41, 5.74) is 1.67. The maximum atomic E-state index is 12.7. The van der Waals surface area contributed by atoms with Crippen molar-refractivity contribution in [2.45, 2.75) is 18.9 Å². The van der Waals surface area contributed by atoms with Crippen LogP contribution in [0.2, 0.25) is 0 Å². The van der Waals surface area contributed by atoms with E-state index in [1.54, 1.807) is 12.3 Å². The molecular weight excluding hydrogens is 396 g/mol. The predicted octanol–water partition coefficient (Wildman–Crippen LogP) is 4.58. The highest BCUT2D eigenvalue weighted by atomic mass is 79.9. The zero-order valence-corrected chi connectivity index (χ0v) is 14.5. The van der Waals surface area contributed by atoms with Crippen LogP contribution in [0.3, 0.4) is 0 Å². The first kappa shape index (κ1) is 14.7.